The molecule has 1 heterocycles. The van der Waals surface area contributed by atoms with Gasteiger partial charge < -0.3 is 19.8 Å². The van der Waals surface area contributed by atoms with E-state index in [1.807, 2.05) is 31.2 Å². The van der Waals surface area contributed by atoms with Crippen LogP contribution in [0.3, 0.4) is 0 Å². The first-order valence-corrected chi connectivity index (χ1v) is 12.6. The SMILES string of the molecule is CCN(CC)c1ccc(C2N(C(=O)C/[N+]([O-])=N/OC)CCN2S(=O)(=O)c2ccc(C)cc2)cc1. The van der Waals surface area contributed by atoms with Crippen molar-refractivity contribution in [3.8, 4) is 0 Å². The number of hydrogen-bond donors (Lipinski definition) is 0. The van der Waals surface area contributed by atoms with E-state index < -0.39 is 28.6 Å². The van der Waals surface area contributed by atoms with E-state index in [0.717, 1.165) is 24.3 Å². The van der Waals surface area contributed by atoms with Gasteiger partial charge in [0.05, 0.1) is 4.90 Å². The maximum absolute atomic E-state index is 13.6. The molecule has 34 heavy (non-hydrogen) atoms. The van der Waals surface area contributed by atoms with Crippen LogP contribution in [-0.2, 0) is 19.7 Å². The second-order valence-electron chi connectivity index (χ2n) is 7.93. The third kappa shape index (κ3) is 5.31. The van der Waals surface area contributed by atoms with Crippen molar-refractivity contribution in [3.05, 3.63) is 64.9 Å². The summed E-state index contributed by atoms with van der Waals surface area (Å²) in [5.41, 5.74) is 2.58. The highest BCUT2D eigenvalue weighted by atomic mass is 32.2. The van der Waals surface area contributed by atoms with E-state index in [1.54, 1.807) is 24.3 Å². The van der Waals surface area contributed by atoms with Gasteiger partial charge >= 0.3 is 0 Å². The molecule has 0 N–H and O–H groups in total. The Hall–Kier alpha value is -3.18. The summed E-state index contributed by atoms with van der Waals surface area (Å²) in [7, 11) is -2.69. The van der Waals surface area contributed by atoms with Gasteiger partial charge in [0, 0.05) is 31.9 Å². The average Bonchev–Trinajstić information content (AvgIpc) is 3.27. The summed E-state index contributed by atoms with van der Waals surface area (Å²) in [4.78, 5) is 21.3. The smallest absolute Gasteiger partial charge is 0.293 e. The fourth-order valence-electron chi connectivity index (χ4n) is 4.08. The average molecular weight is 490 g/mol. The van der Waals surface area contributed by atoms with E-state index in [1.165, 1.54) is 16.3 Å². The molecular formula is C23H31N5O5S. The third-order valence-corrected chi connectivity index (χ3v) is 7.71. The highest BCUT2D eigenvalue weighted by Crippen LogP contribution is 2.36. The molecule has 1 atom stereocenters. The summed E-state index contributed by atoms with van der Waals surface area (Å²) < 4.78 is 28.4. The summed E-state index contributed by atoms with van der Waals surface area (Å²) in [6, 6.07) is 14.1. The van der Waals surface area contributed by atoms with Gasteiger partial charge in [0.2, 0.25) is 10.0 Å². The monoisotopic (exact) mass is 489 g/mol. The number of sulfonamides is 1. The normalized spacial score (nSPS) is 17.1. The van der Waals surface area contributed by atoms with Crippen LogP contribution >= 0.6 is 0 Å². The van der Waals surface area contributed by atoms with E-state index in [4.69, 9.17) is 0 Å². The number of aryl methyl sites for hydroxylation is 1. The van der Waals surface area contributed by atoms with Crippen molar-refractivity contribution in [2.45, 2.75) is 31.8 Å². The van der Waals surface area contributed by atoms with Gasteiger partial charge in [0.15, 0.2) is 5.28 Å². The summed E-state index contributed by atoms with van der Waals surface area (Å²) in [6.07, 6.45) is -0.888. The molecule has 1 amide bonds. The Morgan fingerprint density at radius 1 is 1.12 bits per heavy atom. The topological polar surface area (TPSA) is 109 Å². The van der Waals surface area contributed by atoms with Crippen molar-refractivity contribution in [2.75, 3.05) is 44.7 Å². The van der Waals surface area contributed by atoms with Crippen LogP contribution in [0.1, 0.15) is 31.1 Å². The molecule has 10 nitrogen and oxygen atoms in total. The van der Waals surface area contributed by atoms with Gasteiger partial charge in [-0.15, -0.1) is 0 Å². The van der Waals surface area contributed by atoms with Crippen LogP contribution in [0.15, 0.2) is 58.7 Å². The minimum atomic E-state index is -3.90. The number of hydroxylamine groups is 1. The molecule has 11 heteroatoms. The van der Waals surface area contributed by atoms with Crippen LogP contribution in [0.4, 0.5) is 5.69 Å². The molecule has 1 saturated heterocycles. The molecule has 1 aliphatic heterocycles. The Balaban J connectivity index is 2.01. The molecule has 1 aliphatic rings. The van der Waals surface area contributed by atoms with Crippen LogP contribution in [0, 0.1) is 12.1 Å². The quantitative estimate of drug-likeness (QED) is 0.304. The van der Waals surface area contributed by atoms with Gasteiger partial charge in [-0.05, 0) is 55.5 Å². The lowest BCUT2D eigenvalue weighted by atomic mass is 10.1. The van der Waals surface area contributed by atoms with Crippen molar-refractivity contribution < 1.29 is 22.9 Å². The Morgan fingerprint density at radius 2 is 1.74 bits per heavy atom. The lowest BCUT2D eigenvalue weighted by molar-refractivity contribution is -0.547. The lowest BCUT2D eigenvalue weighted by Gasteiger charge is -2.30. The van der Waals surface area contributed by atoms with Crippen LogP contribution < -0.4 is 4.90 Å². The van der Waals surface area contributed by atoms with Crippen LogP contribution in [0.5, 0.6) is 0 Å². The zero-order chi connectivity index (χ0) is 24.9. The summed E-state index contributed by atoms with van der Waals surface area (Å²) in [5.74, 6) is -0.546. The highest BCUT2D eigenvalue weighted by molar-refractivity contribution is 7.89. The van der Waals surface area contributed by atoms with Crippen LogP contribution in [0.25, 0.3) is 0 Å². The standard InChI is InChI=1S/C23H31N5O5S/c1-5-25(6-2)20-11-9-19(10-12-20)23-26(22(29)17-28(30)24-33-4)15-16-27(23)34(31,32)21-13-7-18(3)8-14-21/h7-14,23H,5-6,15-17H2,1-4H3/b28-24-. The number of amides is 1. The number of hydrogen-bond acceptors (Lipinski definition) is 7. The minimum Gasteiger partial charge on any atom is -0.597 e. The predicted molar refractivity (Wildman–Crippen MR) is 127 cm³/mol. The van der Waals surface area contributed by atoms with Crippen LogP contribution in [-0.4, -0.2) is 68.2 Å². The van der Waals surface area contributed by atoms with E-state index in [9.17, 15) is 18.4 Å². The van der Waals surface area contributed by atoms with Crippen molar-refractivity contribution in [1.29, 1.82) is 0 Å². The van der Waals surface area contributed by atoms with Crippen molar-refractivity contribution in [2.24, 2.45) is 5.28 Å². The molecule has 3 rings (SSSR count). The first-order chi connectivity index (χ1) is 16.2. The van der Waals surface area contributed by atoms with Crippen molar-refractivity contribution in [3.63, 3.8) is 0 Å². The molecule has 0 bridgehead atoms. The Labute approximate surface area is 200 Å². The fourth-order valence-corrected chi connectivity index (χ4v) is 5.65. The molecule has 0 aliphatic carbocycles. The summed E-state index contributed by atoms with van der Waals surface area (Å²) in [6.45, 7) is 7.33. The number of anilines is 1. The number of carbonyl (C=O) groups is 1. The van der Waals surface area contributed by atoms with Gasteiger partial charge in [-0.1, -0.05) is 29.8 Å². The molecule has 2 aromatic carbocycles. The fraction of sp³-hybridized carbons (Fsp3) is 0.435. The number of rotatable bonds is 9. The molecule has 1 fully saturated rings. The molecule has 1 unspecified atom stereocenters. The predicted octanol–water partition coefficient (Wildman–Crippen LogP) is 2.90. The van der Waals surface area contributed by atoms with Crippen molar-refractivity contribution >= 4 is 21.6 Å². The van der Waals surface area contributed by atoms with Crippen LogP contribution in [0.2, 0.25) is 0 Å². The maximum atomic E-state index is 13.6. The van der Waals surface area contributed by atoms with Gasteiger partial charge in [-0.3, -0.25) is 4.79 Å². The van der Waals surface area contributed by atoms with Gasteiger partial charge in [-0.25, -0.2) is 8.42 Å². The Kier molecular flexibility index (Phi) is 8.11. The zero-order valence-corrected chi connectivity index (χ0v) is 20.7. The Morgan fingerprint density at radius 3 is 2.29 bits per heavy atom. The second-order valence-corrected chi connectivity index (χ2v) is 9.82. The minimum absolute atomic E-state index is 0.102. The van der Waals surface area contributed by atoms with E-state index >= 15 is 0 Å². The van der Waals surface area contributed by atoms with E-state index in [0.29, 0.717) is 5.56 Å². The molecule has 184 valence electrons. The molecule has 0 radical (unpaired) electrons. The highest BCUT2D eigenvalue weighted by Gasteiger charge is 2.44. The summed E-state index contributed by atoms with van der Waals surface area (Å²) >= 11 is 0. The molecule has 2 aromatic rings. The first kappa shape index (κ1) is 25.4. The van der Waals surface area contributed by atoms with Gasteiger partial charge in [-0.2, -0.15) is 4.31 Å². The molecule has 0 spiro atoms. The van der Waals surface area contributed by atoms with Crippen molar-refractivity contribution in [1.82, 2.24) is 9.21 Å². The largest absolute Gasteiger partial charge is 0.597 e. The number of benzene rings is 2. The third-order valence-electron chi connectivity index (χ3n) is 5.84. The zero-order valence-electron chi connectivity index (χ0n) is 19.9. The van der Waals surface area contributed by atoms with E-state index in [-0.39, 0.29) is 22.8 Å². The second kappa shape index (κ2) is 10.8. The first-order valence-electron chi connectivity index (χ1n) is 11.1. The molecular weight excluding hydrogens is 458 g/mol. The molecule has 0 saturated carbocycles. The Bertz CT molecular complexity index is 1120. The molecule has 0 aromatic heterocycles. The number of carbonyl (C=O) groups excluding carboxylic acids is 1. The van der Waals surface area contributed by atoms with E-state index in [2.05, 4.69) is 28.9 Å². The lowest BCUT2D eigenvalue weighted by Crippen LogP contribution is -2.40. The maximum Gasteiger partial charge on any atom is 0.293 e. The van der Waals surface area contributed by atoms with Gasteiger partial charge in [0.25, 0.3) is 12.5 Å². The number of nitrogens with zero attached hydrogens (tertiary/aromatic N) is 5. The summed E-state index contributed by atoms with van der Waals surface area (Å²) in [5, 5.41) is 15.0. The van der Waals surface area contributed by atoms with Gasteiger partial charge in [0.1, 0.15) is 13.3 Å².